The number of nitrogens with two attached hydrogens (primary N) is 1. The van der Waals surface area contributed by atoms with E-state index >= 15 is 0 Å². The number of hydrogen-bond acceptors (Lipinski definition) is 3. The van der Waals surface area contributed by atoms with Gasteiger partial charge in [0.15, 0.2) is 0 Å². The highest BCUT2D eigenvalue weighted by atomic mass is 16.6. The molecule has 0 aromatic rings. The molecule has 2 fully saturated rings. The van der Waals surface area contributed by atoms with E-state index in [-0.39, 0.29) is 22.9 Å². The summed E-state index contributed by atoms with van der Waals surface area (Å²) in [6.07, 6.45) is 8.51. The summed E-state index contributed by atoms with van der Waals surface area (Å²) in [6, 6.07) is 0. The molecule has 0 aromatic heterocycles. The van der Waals surface area contributed by atoms with Crippen molar-refractivity contribution in [1.82, 2.24) is 0 Å². The van der Waals surface area contributed by atoms with Gasteiger partial charge in [-0.3, -0.25) is 0 Å². The summed E-state index contributed by atoms with van der Waals surface area (Å²) in [4.78, 5) is 0. The molecule has 1 aliphatic heterocycles. The summed E-state index contributed by atoms with van der Waals surface area (Å²) in [5.74, 6) is 0.877. The second kappa shape index (κ2) is 6.17. The molecule has 0 radical (unpaired) electrons. The van der Waals surface area contributed by atoms with E-state index in [2.05, 4.69) is 34.6 Å². The van der Waals surface area contributed by atoms with Crippen LogP contribution in [0.1, 0.15) is 79.6 Å². The molecule has 1 saturated heterocycles. The first-order valence-corrected chi connectivity index (χ1v) is 8.80. The predicted molar refractivity (Wildman–Crippen MR) is 87.4 cm³/mol. The summed E-state index contributed by atoms with van der Waals surface area (Å²) in [5, 5.41) is 0. The molecule has 1 saturated carbocycles. The Bertz CT molecular complexity index is 343. The van der Waals surface area contributed by atoms with Crippen molar-refractivity contribution in [1.29, 1.82) is 0 Å². The molecule has 0 bridgehead atoms. The van der Waals surface area contributed by atoms with Crippen LogP contribution in [0.5, 0.6) is 0 Å². The fourth-order valence-electron chi connectivity index (χ4n) is 4.27. The van der Waals surface area contributed by atoms with Crippen molar-refractivity contribution < 1.29 is 9.47 Å². The van der Waals surface area contributed by atoms with E-state index in [1.165, 1.54) is 25.7 Å². The van der Waals surface area contributed by atoms with Gasteiger partial charge in [-0.05, 0) is 59.3 Å². The third kappa shape index (κ3) is 4.00. The van der Waals surface area contributed by atoms with Gasteiger partial charge in [0.25, 0.3) is 0 Å². The van der Waals surface area contributed by atoms with Crippen LogP contribution in [0.4, 0.5) is 0 Å². The van der Waals surface area contributed by atoms with Crippen LogP contribution in [0.3, 0.4) is 0 Å². The molecule has 3 nitrogen and oxygen atoms in total. The second-order valence-corrected chi connectivity index (χ2v) is 8.40. The van der Waals surface area contributed by atoms with Crippen molar-refractivity contribution in [2.24, 2.45) is 11.7 Å². The molecular formula is C18H35NO2. The first-order chi connectivity index (χ1) is 9.72. The van der Waals surface area contributed by atoms with Crippen LogP contribution in [0.25, 0.3) is 0 Å². The highest BCUT2D eigenvalue weighted by molar-refractivity contribution is 4.99. The average molecular weight is 297 g/mol. The van der Waals surface area contributed by atoms with Crippen molar-refractivity contribution in [3.8, 4) is 0 Å². The quantitative estimate of drug-likeness (QED) is 0.833. The van der Waals surface area contributed by atoms with Crippen LogP contribution >= 0.6 is 0 Å². The Morgan fingerprint density at radius 3 is 2.19 bits per heavy atom. The largest absolute Gasteiger partial charge is 0.367 e. The average Bonchev–Trinajstić information content (AvgIpc) is 2.60. The Labute approximate surface area is 130 Å². The van der Waals surface area contributed by atoms with E-state index in [4.69, 9.17) is 15.2 Å². The van der Waals surface area contributed by atoms with Gasteiger partial charge in [0.1, 0.15) is 0 Å². The van der Waals surface area contributed by atoms with E-state index in [0.717, 1.165) is 25.2 Å². The van der Waals surface area contributed by atoms with E-state index in [9.17, 15) is 0 Å². The maximum absolute atomic E-state index is 6.62. The summed E-state index contributed by atoms with van der Waals surface area (Å²) < 4.78 is 12.8. The molecule has 1 atom stereocenters. The number of ether oxygens (including phenoxy) is 2. The smallest absolute Gasteiger partial charge is 0.0895 e. The minimum absolute atomic E-state index is 0.0939. The molecule has 124 valence electrons. The zero-order valence-corrected chi connectivity index (χ0v) is 14.7. The van der Waals surface area contributed by atoms with E-state index in [1.54, 1.807) is 0 Å². The van der Waals surface area contributed by atoms with Gasteiger partial charge >= 0.3 is 0 Å². The van der Waals surface area contributed by atoms with Gasteiger partial charge in [-0.15, -0.1) is 0 Å². The molecule has 21 heavy (non-hydrogen) atoms. The van der Waals surface area contributed by atoms with E-state index < -0.39 is 0 Å². The van der Waals surface area contributed by atoms with Crippen molar-refractivity contribution in [3.63, 3.8) is 0 Å². The van der Waals surface area contributed by atoms with Crippen LogP contribution in [0.2, 0.25) is 0 Å². The third-order valence-electron chi connectivity index (χ3n) is 5.47. The van der Waals surface area contributed by atoms with Gasteiger partial charge in [0.2, 0.25) is 0 Å². The monoisotopic (exact) mass is 297 g/mol. The lowest BCUT2D eigenvalue weighted by molar-refractivity contribution is -0.162. The molecule has 1 unspecified atom stereocenters. The van der Waals surface area contributed by atoms with Crippen LogP contribution < -0.4 is 5.73 Å². The SMILES string of the molecule is CCCC1CCC(CN)(OC2CC(C)(C)OC2(C)C)CC1. The number of hydrogen-bond donors (Lipinski definition) is 1. The topological polar surface area (TPSA) is 44.5 Å². The summed E-state index contributed by atoms with van der Waals surface area (Å²) >= 11 is 0. The molecule has 1 aliphatic carbocycles. The summed E-state index contributed by atoms with van der Waals surface area (Å²) in [7, 11) is 0. The number of rotatable bonds is 5. The zero-order valence-electron chi connectivity index (χ0n) is 14.7. The molecule has 1 heterocycles. The minimum Gasteiger partial charge on any atom is -0.367 e. The molecular weight excluding hydrogens is 262 g/mol. The van der Waals surface area contributed by atoms with Gasteiger partial charge in [0.05, 0.1) is 22.9 Å². The van der Waals surface area contributed by atoms with Crippen LogP contribution in [0.15, 0.2) is 0 Å². The minimum atomic E-state index is -0.216. The standard InChI is InChI=1S/C18H35NO2/c1-6-7-14-8-10-18(13-19,11-9-14)20-15-12-16(2,3)21-17(15,4)5/h14-15H,6-13,19H2,1-5H3. The van der Waals surface area contributed by atoms with Crippen molar-refractivity contribution in [3.05, 3.63) is 0 Å². The highest BCUT2D eigenvalue weighted by Crippen LogP contribution is 2.44. The zero-order chi connectivity index (χ0) is 15.7. The van der Waals surface area contributed by atoms with Gasteiger partial charge in [0, 0.05) is 13.0 Å². The van der Waals surface area contributed by atoms with Crippen LogP contribution in [0, 0.1) is 5.92 Å². The molecule has 2 aliphatic rings. The Morgan fingerprint density at radius 2 is 1.76 bits per heavy atom. The lowest BCUT2D eigenvalue weighted by atomic mass is 9.76. The Kier molecular flexibility index (Phi) is 5.07. The maximum Gasteiger partial charge on any atom is 0.0895 e. The fourth-order valence-corrected chi connectivity index (χ4v) is 4.27. The molecule has 3 heteroatoms. The highest BCUT2D eigenvalue weighted by Gasteiger charge is 2.50. The Hall–Kier alpha value is -0.120. The summed E-state index contributed by atoms with van der Waals surface area (Å²) in [5.41, 5.74) is 5.70. The Morgan fingerprint density at radius 1 is 1.14 bits per heavy atom. The molecule has 2 N–H and O–H groups in total. The van der Waals surface area contributed by atoms with Gasteiger partial charge < -0.3 is 15.2 Å². The predicted octanol–water partition coefficient (Wildman–Crippen LogP) is 4.04. The van der Waals surface area contributed by atoms with Gasteiger partial charge in [-0.1, -0.05) is 19.8 Å². The van der Waals surface area contributed by atoms with Crippen molar-refractivity contribution in [2.75, 3.05) is 6.54 Å². The van der Waals surface area contributed by atoms with Crippen molar-refractivity contribution in [2.45, 2.75) is 102 Å². The lowest BCUT2D eigenvalue weighted by Crippen LogP contribution is -2.49. The molecule has 0 spiro atoms. The first kappa shape index (κ1) is 17.2. The molecule has 2 rings (SSSR count). The van der Waals surface area contributed by atoms with E-state index in [1.807, 2.05) is 0 Å². The van der Waals surface area contributed by atoms with Crippen molar-refractivity contribution >= 4 is 0 Å². The second-order valence-electron chi connectivity index (χ2n) is 8.40. The normalized spacial score (nSPS) is 38.6. The van der Waals surface area contributed by atoms with Gasteiger partial charge in [-0.25, -0.2) is 0 Å². The summed E-state index contributed by atoms with van der Waals surface area (Å²) in [6.45, 7) is 11.5. The fraction of sp³-hybridized carbons (Fsp3) is 1.00. The third-order valence-corrected chi connectivity index (χ3v) is 5.47. The first-order valence-electron chi connectivity index (χ1n) is 8.80. The van der Waals surface area contributed by atoms with E-state index in [0.29, 0.717) is 6.54 Å². The molecule has 0 aromatic carbocycles. The van der Waals surface area contributed by atoms with Crippen LogP contribution in [-0.4, -0.2) is 29.5 Å². The van der Waals surface area contributed by atoms with Gasteiger partial charge in [-0.2, -0.15) is 0 Å². The van der Waals surface area contributed by atoms with Crippen LogP contribution in [-0.2, 0) is 9.47 Å². The lowest BCUT2D eigenvalue weighted by Gasteiger charge is -2.43. The Balaban J connectivity index is 2.00. The molecule has 0 amide bonds. The maximum atomic E-state index is 6.62.